The van der Waals surface area contributed by atoms with Crippen molar-refractivity contribution in [2.45, 2.75) is 0 Å². The number of hydrogen-bond donors (Lipinski definition) is 3. The highest BCUT2D eigenvalue weighted by atomic mass is 16.4. The molecule has 0 fully saturated rings. The van der Waals surface area contributed by atoms with Crippen molar-refractivity contribution in [3.63, 3.8) is 0 Å². The van der Waals surface area contributed by atoms with Crippen LogP contribution in [0.25, 0.3) is 10.8 Å². The lowest BCUT2D eigenvalue weighted by molar-refractivity contribution is 0.0698. The van der Waals surface area contributed by atoms with Crippen LogP contribution in [0.5, 0.6) is 5.75 Å². The van der Waals surface area contributed by atoms with Crippen LogP contribution in [-0.2, 0) is 0 Å². The maximum atomic E-state index is 11.0. The molecule has 104 valence electrons. The summed E-state index contributed by atoms with van der Waals surface area (Å²) in [6.45, 7) is 0. The average Bonchev–Trinajstić information content (AvgIpc) is 2.95. The number of H-pyrrole nitrogens is 1. The Balaban J connectivity index is 2.09. The Hall–Kier alpha value is -3.22. The molecule has 0 saturated heterocycles. The van der Waals surface area contributed by atoms with Crippen molar-refractivity contribution in [1.82, 2.24) is 10.2 Å². The van der Waals surface area contributed by atoms with Gasteiger partial charge in [0.05, 0.1) is 6.20 Å². The molecule has 1 aromatic heterocycles. The second kappa shape index (κ2) is 5.04. The third kappa shape index (κ3) is 2.32. The Morgan fingerprint density at radius 3 is 2.76 bits per heavy atom. The lowest BCUT2D eigenvalue weighted by atomic mass is 10.1. The zero-order valence-corrected chi connectivity index (χ0v) is 10.7. The van der Waals surface area contributed by atoms with E-state index in [1.165, 1.54) is 6.07 Å². The zero-order valence-electron chi connectivity index (χ0n) is 10.7. The first-order valence-electron chi connectivity index (χ1n) is 6.06. The van der Waals surface area contributed by atoms with Crippen LogP contribution >= 0.6 is 0 Å². The molecule has 2 aromatic carbocycles. The first kappa shape index (κ1) is 12.8. The molecule has 3 N–H and O–H groups in total. The number of carbonyl (C=O) groups is 1. The quantitative estimate of drug-likeness (QED) is 0.639. The van der Waals surface area contributed by atoms with Crippen LogP contribution in [0.2, 0.25) is 0 Å². The molecular weight excluding hydrogens is 272 g/mol. The zero-order chi connectivity index (χ0) is 14.8. The van der Waals surface area contributed by atoms with E-state index >= 15 is 0 Å². The van der Waals surface area contributed by atoms with E-state index in [9.17, 15) is 9.90 Å². The molecule has 1 heterocycles. The van der Waals surface area contributed by atoms with E-state index in [-0.39, 0.29) is 22.8 Å². The number of aromatic carboxylic acids is 1. The van der Waals surface area contributed by atoms with Gasteiger partial charge in [-0.25, -0.2) is 4.79 Å². The van der Waals surface area contributed by atoms with Gasteiger partial charge in [0.15, 0.2) is 5.82 Å². The molecule has 0 aliphatic heterocycles. The average molecular weight is 282 g/mol. The minimum atomic E-state index is -1.15. The highest BCUT2D eigenvalue weighted by Gasteiger charge is 2.12. The second-order valence-electron chi connectivity index (χ2n) is 4.29. The summed E-state index contributed by atoms with van der Waals surface area (Å²) in [5.74, 6) is -1.16. The standard InChI is InChI=1S/C14H10N4O3/c19-11-6-5-8-3-1-2-4-9(8)12(11)16-18-13-10(14(20)21)7-15-17-13/h1-7,19H,(H,15,17)(H,20,21). The van der Waals surface area contributed by atoms with Gasteiger partial charge in [0.2, 0.25) is 0 Å². The molecule has 0 radical (unpaired) electrons. The van der Waals surface area contributed by atoms with Crippen LogP contribution in [-0.4, -0.2) is 26.4 Å². The van der Waals surface area contributed by atoms with E-state index in [1.807, 2.05) is 18.2 Å². The number of benzene rings is 2. The van der Waals surface area contributed by atoms with Crippen LogP contribution in [0.4, 0.5) is 11.5 Å². The molecule has 21 heavy (non-hydrogen) atoms. The van der Waals surface area contributed by atoms with Crippen molar-refractivity contribution >= 4 is 28.2 Å². The third-order valence-corrected chi connectivity index (χ3v) is 2.98. The number of fused-ring (bicyclic) bond motifs is 1. The Kier molecular flexibility index (Phi) is 3.07. The highest BCUT2D eigenvalue weighted by molar-refractivity contribution is 5.95. The maximum Gasteiger partial charge on any atom is 0.341 e. The van der Waals surface area contributed by atoms with E-state index in [0.717, 1.165) is 17.0 Å². The Morgan fingerprint density at radius 2 is 1.95 bits per heavy atom. The fourth-order valence-corrected chi connectivity index (χ4v) is 1.96. The molecule has 7 heteroatoms. The number of aromatic nitrogens is 2. The topological polar surface area (TPSA) is 111 Å². The number of phenolic OH excluding ortho intramolecular Hbond substituents is 1. The largest absolute Gasteiger partial charge is 0.506 e. The molecule has 3 aromatic rings. The van der Waals surface area contributed by atoms with Gasteiger partial charge in [0.25, 0.3) is 0 Å². The molecule has 0 saturated carbocycles. The van der Waals surface area contributed by atoms with Gasteiger partial charge in [-0.2, -0.15) is 5.10 Å². The molecule has 0 aliphatic rings. The number of aromatic amines is 1. The normalized spacial score (nSPS) is 11.2. The summed E-state index contributed by atoms with van der Waals surface area (Å²) in [5, 5.41) is 34.4. The van der Waals surface area contributed by atoms with E-state index in [4.69, 9.17) is 5.11 Å². The van der Waals surface area contributed by atoms with Crippen LogP contribution in [0, 0.1) is 0 Å². The van der Waals surface area contributed by atoms with E-state index < -0.39 is 5.97 Å². The molecule has 0 spiro atoms. The van der Waals surface area contributed by atoms with Crippen molar-refractivity contribution in [3.05, 3.63) is 48.2 Å². The third-order valence-electron chi connectivity index (χ3n) is 2.98. The number of carboxylic acid groups (broad SMARTS) is 1. The van der Waals surface area contributed by atoms with Crippen LogP contribution in [0.3, 0.4) is 0 Å². The minimum absolute atomic E-state index is 0.0230. The van der Waals surface area contributed by atoms with Crippen molar-refractivity contribution in [1.29, 1.82) is 0 Å². The smallest absolute Gasteiger partial charge is 0.341 e. The van der Waals surface area contributed by atoms with Crippen molar-refractivity contribution in [2.24, 2.45) is 10.2 Å². The van der Waals surface area contributed by atoms with Gasteiger partial charge in [0, 0.05) is 5.39 Å². The van der Waals surface area contributed by atoms with Gasteiger partial charge in [-0.05, 0) is 11.5 Å². The number of carboxylic acids is 1. The summed E-state index contributed by atoms with van der Waals surface area (Å²) in [7, 11) is 0. The first-order chi connectivity index (χ1) is 10.2. The molecule has 0 amide bonds. The summed E-state index contributed by atoms with van der Waals surface area (Å²) in [4.78, 5) is 11.0. The van der Waals surface area contributed by atoms with Gasteiger partial charge >= 0.3 is 5.97 Å². The predicted molar refractivity (Wildman–Crippen MR) is 75.3 cm³/mol. The van der Waals surface area contributed by atoms with Gasteiger partial charge in [-0.15, -0.1) is 10.2 Å². The van der Waals surface area contributed by atoms with Crippen molar-refractivity contribution < 1.29 is 15.0 Å². The van der Waals surface area contributed by atoms with E-state index in [0.29, 0.717) is 0 Å². The fourth-order valence-electron chi connectivity index (χ4n) is 1.96. The fraction of sp³-hybridized carbons (Fsp3) is 0. The van der Waals surface area contributed by atoms with Gasteiger partial charge in [0.1, 0.15) is 17.0 Å². The first-order valence-corrected chi connectivity index (χ1v) is 6.06. The highest BCUT2D eigenvalue weighted by Crippen LogP contribution is 2.35. The monoisotopic (exact) mass is 282 g/mol. The summed E-state index contributed by atoms with van der Waals surface area (Å²) >= 11 is 0. The van der Waals surface area contributed by atoms with Gasteiger partial charge < -0.3 is 10.2 Å². The summed E-state index contributed by atoms with van der Waals surface area (Å²) in [6, 6.07) is 10.7. The number of nitrogens with zero attached hydrogens (tertiary/aromatic N) is 3. The Bertz CT molecular complexity index is 854. The Morgan fingerprint density at radius 1 is 1.14 bits per heavy atom. The maximum absolute atomic E-state index is 11.0. The van der Waals surface area contributed by atoms with Crippen molar-refractivity contribution in [2.75, 3.05) is 0 Å². The van der Waals surface area contributed by atoms with Crippen molar-refractivity contribution in [3.8, 4) is 5.75 Å². The number of nitrogens with one attached hydrogen (secondary N) is 1. The molecule has 7 nitrogen and oxygen atoms in total. The summed E-state index contributed by atoms with van der Waals surface area (Å²) in [5.41, 5.74) is 0.192. The second-order valence-corrected chi connectivity index (χ2v) is 4.29. The Labute approximate surface area is 118 Å². The number of rotatable bonds is 3. The molecule has 0 atom stereocenters. The van der Waals surface area contributed by atoms with E-state index in [1.54, 1.807) is 12.1 Å². The van der Waals surface area contributed by atoms with Gasteiger partial charge in [-0.1, -0.05) is 30.3 Å². The predicted octanol–water partition coefficient (Wildman–Crippen LogP) is 3.38. The lowest BCUT2D eigenvalue weighted by Crippen LogP contribution is -1.93. The summed E-state index contributed by atoms with van der Waals surface area (Å²) < 4.78 is 0. The van der Waals surface area contributed by atoms with Crippen LogP contribution in [0.1, 0.15) is 10.4 Å². The summed E-state index contributed by atoms with van der Waals surface area (Å²) in [6.07, 6.45) is 1.15. The van der Waals surface area contributed by atoms with Gasteiger partial charge in [-0.3, -0.25) is 5.10 Å². The molecular formula is C14H10N4O3. The number of hydrogen-bond acceptors (Lipinski definition) is 5. The molecule has 0 bridgehead atoms. The number of aromatic hydroxyl groups is 1. The van der Waals surface area contributed by atoms with Crippen LogP contribution in [0.15, 0.2) is 52.8 Å². The lowest BCUT2D eigenvalue weighted by Gasteiger charge is -2.03. The minimum Gasteiger partial charge on any atom is -0.506 e. The van der Waals surface area contributed by atoms with E-state index in [2.05, 4.69) is 20.4 Å². The molecule has 0 aliphatic carbocycles. The number of phenols is 1. The molecule has 3 rings (SSSR count). The number of azo groups is 1. The van der Waals surface area contributed by atoms with Crippen LogP contribution < -0.4 is 0 Å². The molecule has 0 unspecified atom stereocenters. The SMILES string of the molecule is O=C(O)c1cn[nH]c1N=Nc1c(O)ccc2ccccc12.